The summed E-state index contributed by atoms with van der Waals surface area (Å²) in [6, 6.07) is 14.3. The van der Waals surface area contributed by atoms with Crippen LogP contribution in [0.3, 0.4) is 0 Å². The van der Waals surface area contributed by atoms with Crippen molar-refractivity contribution in [3.8, 4) is 16.9 Å². The molecule has 0 aliphatic rings. The largest absolute Gasteiger partial charge is 0.399 e. The van der Waals surface area contributed by atoms with E-state index in [1.165, 1.54) is 11.3 Å². The average Bonchev–Trinajstić information content (AvgIpc) is 2.82. The van der Waals surface area contributed by atoms with Crippen molar-refractivity contribution in [2.45, 2.75) is 13.8 Å². The van der Waals surface area contributed by atoms with Gasteiger partial charge in [-0.25, -0.2) is 0 Å². The molecule has 0 saturated carbocycles. The number of benzene rings is 1. The van der Waals surface area contributed by atoms with Crippen molar-refractivity contribution in [3.05, 3.63) is 66.1 Å². The minimum atomic E-state index is 0.793. The number of aryl methyl sites for hydroxylation is 2. The Balaban J connectivity index is 2.22. The molecular weight excluding hydrogens is 246 g/mol. The minimum absolute atomic E-state index is 0.793. The first-order valence-corrected chi connectivity index (χ1v) is 6.62. The number of aromatic nitrogens is 2. The minimum Gasteiger partial charge on any atom is -0.399 e. The highest BCUT2D eigenvalue weighted by atomic mass is 15.0. The van der Waals surface area contributed by atoms with Crippen LogP contribution in [0.5, 0.6) is 0 Å². The fourth-order valence-electron chi connectivity index (χ4n) is 2.54. The summed E-state index contributed by atoms with van der Waals surface area (Å²) in [7, 11) is 0. The van der Waals surface area contributed by atoms with Gasteiger partial charge in [0, 0.05) is 35.0 Å². The van der Waals surface area contributed by atoms with Crippen molar-refractivity contribution in [1.29, 1.82) is 0 Å². The summed E-state index contributed by atoms with van der Waals surface area (Å²) in [6.45, 7) is 4.20. The molecule has 0 atom stereocenters. The van der Waals surface area contributed by atoms with Gasteiger partial charge in [-0.3, -0.25) is 4.98 Å². The summed E-state index contributed by atoms with van der Waals surface area (Å²) < 4.78 is 2.25. The third-order valence-corrected chi connectivity index (χ3v) is 3.51. The van der Waals surface area contributed by atoms with Gasteiger partial charge in [0.15, 0.2) is 0 Å². The van der Waals surface area contributed by atoms with Crippen LogP contribution in [0.15, 0.2) is 54.9 Å². The van der Waals surface area contributed by atoms with Gasteiger partial charge < -0.3 is 10.3 Å². The van der Waals surface area contributed by atoms with E-state index >= 15 is 0 Å². The van der Waals surface area contributed by atoms with Gasteiger partial charge in [0.25, 0.3) is 0 Å². The normalized spacial score (nSPS) is 10.7. The molecule has 0 fully saturated rings. The number of anilines is 1. The molecule has 3 nitrogen and oxygen atoms in total. The van der Waals surface area contributed by atoms with Crippen molar-refractivity contribution in [2.24, 2.45) is 0 Å². The fourth-order valence-corrected chi connectivity index (χ4v) is 2.54. The van der Waals surface area contributed by atoms with E-state index in [4.69, 9.17) is 5.73 Å². The van der Waals surface area contributed by atoms with Crippen molar-refractivity contribution in [2.75, 3.05) is 5.73 Å². The zero-order chi connectivity index (χ0) is 14.1. The first-order valence-electron chi connectivity index (χ1n) is 6.62. The molecule has 2 N–H and O–H groups in total. The van der Waals surface area contributed by atoms with Crippen LogP contribution in [0, 0.1) is 13.8 Å². The Bertz CT molecular complexity index is 742. The van der Waals surface area contributed by atoms with Gasteiger partial charge in [-0.1, -0.05) is 0 Å². The van der Waals surface area contributed by atoms with Crippen molar-refractivity contribution in [3.63, 3.8) is 0 Å². The van der Waals surface area contributed by atoms with Crippen molar-refractivity contribution < 1.29 is 0 Å². The van der Waals surface area contributed by atoms with E-state index in [9.17, 15) is 0 Å². The molecule has 0 saturated heterocycles. The fraction of sp³-hybridized carbons (Fsp3) is 0.118. The van der Waals surface area contributed by atoms with Crippen LogP contribution in [-0.2, 0) is 0 Å². The number of hydrogen-bond donors (Lipinski definition) is 1. The lowest BCUT2D eigenvalue weighted by molar-refractivity contribution is 1.01. The Labute approximate surface area is 118 Å². The Morgan fingerprint density at radius 2 is 1.70 bits per heavy atom. The van der Waals surface area contributed by atoms with E-state index < -0.39 is 0 Å². The molecule has 0 bridgehead atoms. The molecule has 3 rings (SSSR count). The summed E-state index contributed by atoms with van der Waals surface area (Å²) in [5.41, 5.74) is 12.5. The van der Waals surface area contributed by atoms with Gasteiger partial charge in [-0.05, 0) is 61.9 Å². The monoisotopic (exact) mass is 263 g/mol. The molecule has 100 valence electrons. The highest BCUT2D eigenvalue weighted by Gasteiger charge is 2.11. The molecule has 0 radical (unpaired) electrons. The van der Waals surface area contributed by atoms with Gasteiger partial charge in [0.2, 0.25) is 0 Å². The Morgan fingerprint density at radius 1 is 0.950 bits per heavy atom. The molecule has 2 aromatic heterocycles. The number of nitrogen functional groups attached to an aromatic ring is 1. The van der Waals surface area contributed by atoms with Gasteiger partial charge in [0.05, 0.1) is 5.69 Å². The van der Waals surface area contributed by atoms with E-state index in [0.717, 1.165) is 22.6 Å². The number of pyridine rings is 1. The average molecular weight is 263 g/mol. The molecule has 3 aromatic rings. The van der Waals surface area contributed by atoms with Crippen LogP contribution in [-0.4, -0.2) is 9.55 Å². The molecule has 1 aromatic carbocycles. The predicted molar refractivity (Wildman–Crippen MR) is 82.9 cm³/mol. The zero-order valence-corrected chi connectivity index (χ0v) is 11.7. The molecule has 0 unspecified atom stereocenters. The highest BCUT2D eigenvalue weighted by molar-refractivity contribution is 5.65. The summed E-state index contributed by atoms with van der Waals surface area (Å²) in [5.74, 6) is 0. The topological polar surface area (TPSA) is 43.8 Å². The van der Waals surface area contributed by atoms with Crippen molar-refractivity contribution >= 4 is 5.69 Å². The SMILES string of the molecule is Cc1cc(N)ccc1-n1c(C)ccc1-c1ccncc1. The number of rotatable bonds is 2. The maximum absolute atomic E-state index is 5.85. The van der Waals surface area contributed by atoms with E-state index in [-0.39, 0.29) is 0 Å². The predicted octanol–water partition coefficient (Wildman–Crippen LogP) is 3.74. The third kappa shape index (κ3) is 2.07. The van der Waals surface area contributed by atoms with E-state index in [0.29, 0.717) is 0 Å². The van der Waals surface area contributed by atoms with Crippen LogP contribution in [0.25, 0.3) is 16.9 Å². The van der Waals surface area contributed by atoms with Gasteiger partial charge in [0.1, 0.15) is 0 Å². The van der Waals surface area contributed by atoms with Crippen LogP contribution in [0.2, 0.25) is 0 Å². The second-order valence-electron chi connectivity index (χ2n) is 4.98. The molecule has 0 amide bonds. The number of hydrogen-bond acceptors (Lipinski definition) is 2. The molecular formula is C17H17N3. The maximum atomic E-state index is 5.85. The Morgan fingerprint density at radius 3 is 2.40 bits per heavy atom. The van der Waals surface area contributed by atoms with Crippen molar-refractivity contribution in [1.82, 2.24) is 9.55 Å². The van der Waals surface area contributed by atoms with Gasteiger partial charge in [-0.15, -0.1) is 0 Å². The molecule has 0 aliphatic carbocycles. The highest BCUT2D eigenvalue weighted by Crippen LogP contribution is 2.28. The number of nitrogens with two attached hydrogens (primary N) is 1. The van der Waals surface area contributed by atoms with Gasteiger partial charge in [-0.2, -0.15) is 0 Å². The third-order valence-electron chi connectivity index (χ3n) is 3.51. The quantitative estimate of drug-likeness (QED) is 0.716. The van der Waals surface area contributed by atoms with Crippen LogP contribution in [0.4, 0.5) is 5.69 Å². The second-order valence-corrected chi connectivity index (χ2v) is 4.98. The van der Waals surface area contributed by atoms with Crippen LogP contribution >= 0.6 is 0 Å². The second kappa shape index (κ2) is 4.85. The lowest BCUT2D eigenvalue weighted by Gasteiger charge is -2.15. The zero-order valence-electron chi connectivity index (χ0n) is 11.7. The summed E-state index contributed by atoms with van der Waals surface area (Å²) in [5, 5.41) is 0. The summed E-state index contributed by atoms with van der Waals surface area (Å²) in [6.07, 6.45) is 3.63. The number of nitrogens with zero attached hydrogens (tertiary/aromatic N) is 2. The van der Waals surface area contributed by atoms with Crippen LogP contribution in [0.1, 0.15) is 11.3 Å². The van der Waals surface area contributed by atoms with Gasteiger partial charge >= 0.3 is 0 Å². The lowest BCUT2D eigenvalue weighted by atomic mass is 10.1. The van der Waals surface area contributed by atoms with E-state index in [1.807, 2.05) is 36.7 Å². The Kier molecular flexibility index (Phi) is 3.03. The Hall–Kier alpha value is -2.55. The summed E-state index contributed by atoms with van der Waals surface area (Å²) in [4.78, 5) is 4.08. The van der Waals surface area contributed by atoms with E-state index in [1.54, 1.807) is 0 Å². The van der Waals surface area contributed by atoms with E-state index in [2.05, 4.69) is 41.6 Å². The first kappa shape index (κ1) is 12.5. The molecule has 3 heteroatoms. The first-order chi connectivity index (χ1) is 9.66. The molecule has 2 heterocycles. The maximum Gasteiger partial charge on any atom is 0.0532 e. The molecule has 0 aliphatic heterocycles. The standard InChI is InChI=1S/C17H17N3/c1-12-11-15(18)4-6-16(12)20-13(2)3-5-17(20)14-7-9-19-10-8-14/h3-11H,18H2,1-2H3. The van der Waals surface area contributed by atoms with Crippen LogP contribution < -0.4 is 5.73 Å². The summed E-state index contributed by atoms with van der Waals surface area (Å²) >= 11 is 0. The molecule has 0 spiro atoms. The smallest absolute Gasteiger partial charge is 0.0532 e. The molecule has 20 heavy (non-hydrogen) atoms. The lowest BCUT2D eigenvalue weighted by Crippen LogP contribution is -2.02.